The third kappa shape index (κ3) is 3.67. The summed E-state index contributed by atoms with van der Waals surface area (Å²) in [5, 5.41) is 8.45. The van der Waals surface area contributed by atoms with Crippen LogP contribution in [-0.4, -0.2) is 0 Å². The number of halogens is 1. The predicted octanol–water partition coefficient (Wildman–Crippen LogP) is 4.90. The molecule has 0 aromatic heterocycles. The highest BCUT2D eigenvalue weighted by atomic mass is 19.1. The molecule has 2 rings (SSSR count). The minimum Gasteiger partial charge on any atom is -0.195 e. The highest BCUT2D eigenvalue weighted by Crippen LogP contribution is 2.36. The fourth-order valence-electron chi connectivity index (χ4n) is 2.89. The van der Waals surface area contributed by atoms with Gasteiger partial charge < -0.3 is 0 Å². The molecule has 1 aromatic carbocycles. The number of benzene rings is 1. The van der Waals surface area contributed by atoms with Crippen LogP contribution in [0.4, 0.5) is 4.39 Å². The van der Waals surface area contributed by atoms with Crippen molar-refractivity contribution in [1.29, 1.82) is 5.26 Å². The Morgan fingerprint density at radius 3 is 2.42 bits per heavy atom. The van der Waals surface area contributed by atoms with Crippen LogP contribution in [-0.2, 0) is 6.42 Å². The quantitative estimate of drug-likeness (QED) is 0.706. The van der Waals surface area contributed by atoms with Crippen LogP contribution in [0.1, 0.15) is 49.7 Å². The maximum absolute atomic E-state index is 12.9. The first kappa shape index (κ1) is 13.8. The van der Waals surface area contributed by atoms with Crippen LogP contribution in [0.15, 0.2) is 36.2 Å². The average Bonchev–Trinajstić information content (AvgIpc) is 2.48. The normalized spacial score (nSPS) is 23.9. The van der Waals surface area contributed by atoms with Crippen LogP contribution < -0.4 is 0 Å². The topological polar surface area (TPSA) is 23.8 Å². The predicted molar refractivity (Wildman–Crippen MR) is 75.3 cm³/mol. The molecule has 2 heteroatoms. The van der Waals surface area contributed by atoms with E-state index >= 15 is 0 Å². The monoisotopic (exact) mass is 257 g/mol. The Labute approximate surface area is 114 Å². The van der Waals surface area contributed by atoms with E-state index in [1.807, 2.05) is 0 Å². The highest BCUT2D eigenvalue weighted by Gasteiger charge is 2.21. The molecule has 0 N–H and O–H groups in total. The van der Waals surface area contributed by atoms with E-state index in [-0.39, 0.29) is 5.92 Å². The van der Waals surface area contributed by atoms with Crippen molar-refractivity contribution in [3.05, 3.63) is 47.3 Å². The largest absolute Gasteiger partial charge is 0.196 e. The molecule has 1 aromatic rings. The first-order valence-electron chi connectivity index (χ1n) is 7.09. The molecule has 1 fully saturated rings. The second kappa shape index (κ2) is 6.52. The zero-order chi connectivity index (χ0) is 13.7. The summed E-state index contributed by atoms with van der Waals surface area (Å²) < 4.78 is 12.9. The van der Waals surface area contributed by atoms with Crippen molar-refractivity contribution in [1.82, 2.24) is 0 Å². The third-order valence-electron chi connectivity index (χ3n) is 4.12. The Bertz CT molecular complexity index is 473. The first-order chi connectivity index (χ1) is 9.22. The molecule has 0 radical (unpaired) electrons. The summed E-state index contributed by atoms with van der Waals surface area (Å²) in [4.78, 5) is 0. The second-order valence-electron chi connectivity index (χ2n) is 5.33. The third-order valence-corrected chi connectivity index (χ3v) is 4.12. The van der Waals surface area contributed by atoms with E-state index in [1.54, 1.807) is 6.07 Å². The van der Waals surface area contributed by atoms with Gasteiger partial charge in [0.05, 0.1) is 0 Å². The molecule has 0 unspecified atom stereocenters. The number of allylic oxidation sites excluding steroid dienone is 2. The number of nitriles is 1. The van der Waals surface area contributed by atoms with E-state index in [0.717, 1.165) is 32.1 Å². The van der Waals surface area contributed by atoms with Crippen molar-refractivity contribution >= 4 is 0 Å². The summed E-state index contributed by atoms with van der Waals surface area (Å²) in [5.41, 5.74) is 2.77. The van der Waals surface area contributed by atoms with Crippen molar-refractivity contribution in [2.24, 2.45) is 5.92 Å². The lowest BCUT2D eigenvalue weighted by molar-refractivity contribution is 0.372. The number of rotatable bonds is 3. The zero-order valence-electron chi connectivity index (χ0n) is 11.4. The van der Waals surface area contributed by atoms with Crippen LogP contribution in [0.3, 0.4) is 0 Å². The first-order valence-corrected chi connectivity index (χ1v) is 7.09. The van der Waals surface area contributed by atoms with E-state index in [1.165, 1.54) is 17.2 Å². The van der Waals surface area contributed by atoms with E-state index in [4.69, 9.17) is 5.26 Å². The fraction of sp³-hybridized carbons (Fsp3) is 0.471. The minimum atomic E-state index is -0.629. The number of nitrogens with zero attached hydrogens (tertiary/aromatic N) is 1. The van der Waals surface area contributed by atoms with Gasteiger partial charge in [0.15, 0.2) is 5.83 Å². The van der Waals surface area contributed by atoms with E-state index in [0.29, 0.717) is 5.92 Å². The van der Waals surface area contributed by atoms with Crippen LogP contribution in [0.2, 0.25) is 0 Å². The molecule has 0 heterocycles. The van der Waals surface area contributed by atoms with Crippen molar-refractivity contribution in [3.8, 4) is 6.07 Å². The molecule has 0 aliphatic heterocycles. The maximum atomic E-state index is 12.9. The Morgan fingerprint density at radius 1 is 1.26 bits per heavy atom. The van der Waals surface area contributed by atoms with Gasteiger partial charge in [-0.3, -0.25) is 0 Å². The lowest BCUT2D eigenvalue weighted by atomic mass is 9.78. The summed E-state index contributed by atoms with van der Waals surface area (Å²) >= 11 is 0. The minimum absolute atomic E-state index is 0.241. The molecule has 0 bridgehead atoms. The van der Waals surface area contributed by atoms with Crippen LogP contribution in [0, 0.1) is 17.2 Å². The van der Waals surface area contributed by atoms with Crippen molar-refractivity contribution in [3.63, 3.8) is 0 Å². The van der Waals surface area contributed by atoms with Gasteiger partial charge >= 0.3 is 0 Å². The van der Waals surface area contributed by atoms with Gasteiger partial charge in [-0.15, -0.1) is 0 Å². The smallest absolute Gasteiger partial charge is 0.195 e. The van der Waals surface area contributed by atoms with E-state index < -0.39 is 5.83 Å². The lowest BCUT2D eigenvalue weighted by Gasteiger charge is -2.27. The summed E-state index contributed by atoms with van der Waals surface area (Å²) in [6.45, 7) is 2.16. The molecule has 1 nitrogen and oxygen atoms in total. The van der Waals surface area contributed by atoms with Crippen LogP contribution in [0.5, 0.6) is 0 Å². The molecule has 19 heavy (non-hydrogen) atoms. The van der Waals surface area contributed by atoms with Gasteiger partial charge in [0, 0.05) is 0 Å². The number of hydrogen-bond acceptors (Lipinski definition) is 1. The number of aryl methyl sites for hydroxylation is 1. The number of hydrogen-bond donors (Lipinski definition) is 0. The molecule has 1 aliphatic carbocycles. The summed E-state index contributed by atoms with van der Waals surface area (Å²) in [6, 6.07) is 10.4. The van der Waals surface area contributed by atoms with Gasteiger partial charge in [-0.25, -0.2) is 0 Å². The molecule has 0 spiro atoms. The lowest BCUT2D eigenvalue weighted by Crippen LogP contribution is -2.12. The van der Waals surface area contributed by atoms with E-state index in [2.05, 4.69) is 31.2 Å². The second-order valence-corrected chi connectivity index (χ2v) is 5.33. The van der Waals surface area contributed by atoms with Gasteiger partial charge in [-0.05, 0) is 61.1 Å². The molecule has 0 amide bonds. The van der Waals surface area contributed by atoms with Crippen LogP contribution in [0.25, 0.3) is 0 Å². The molecular weight excluding hydrogens is 237 g/mol. The van der Waals surface area contributed by atoms with Gasteiger partial charge in [0.2, 0.25) is 0 Å². The fourth-order valence-corrected chi connectivity index (χ4v) is 2.89. The SMILES string of the molecule is CCc1ccc(C2CCC(/C=C(/F)C#N)CC2)cc1. The molecule has 0 atom stereocenters. The Hall–Kier alpha value is -1.62. The van der Waals surface area contributed by atoms with Gasteiger partial charge in [0.1, 0.15) is 6.07 Å². The average molecular weight is 257 g/mol. The molecule has 0 saturated heterocycles. The van der Waals surface area contributed by atoms with E-state index in [9.17, 15) is 4.39 Å². The van der Waals surface area contributed by atoms with Gasteiger partial charge in [-0.2, -0.15) is 9.65 Å². The van der Waals surface area contributed by atoms with Crippen molar-refractivity contribution < 1.29 is 4.39 Å². The molecule has 1 aliphatic rings. The Balaban J connectivity index is 1.94. The maximum Gasteiger partial charge on any atom is 0.196 e. The standard InChI is InChI=1S/C17H20FN/c1-2-13-3-7-15(8-4-13)16-9-5-14(6-10-16)11-17(18)12-19/h3-4,7-8,11,14,16H,2,5-6,9-10H2,1H3/b17-11+. The Kier molecular flexibility index (Phi) is 4.74. The summed E-state index contributed by atoms with van der Waals surface area (Å²) in [7, 11) is 0. The van der Waals surface area contributed by atoms with Gasteiger partial charge in [0.25, 0.3) is 0 Å². The highest BCUT2D eigenvalue weighted by molar-refractivity contribution is 5.26. The summed E-state index contributed by atoms with van der Waals surface area (Å²) in [5.74, 6) is 0.210. The zero-order valence-corrected chi connectivity index (χ0v) is 11.4. The Morgan fingerprint density at radius 2 is 1.89 bits per heavy atom. The molecule has 1 saturated carbocycles. The van der Waals surface area contributed by atoms with Crippen LogP contribution >= 0.6 is 0 Å². The molecule has 100 valence electrons. The summed E-state index contributed by atoms with van der Waals surface area (Å²) in [6.07, 6.45) is 6.71. The van der Waals surface area contributed by atoms with Crippen molar-refractivity contribution in [2.45, 2.75) is 44.9 Å². The van der Waals surface area contributed by atoms with Crippen molar-refractivity contribution in [2.75, 3.05) is 0 Å². The molecular formula is C17H20FN. The van der Waals surface area contributed by atoms with Gasteiger partial charge in [-0.1, -0.05) is 31.2 Å².